The highest BCUT2D eigenvalue weighted by Gasteiger charge is 2.28. The maximum absolute atomic E-state index is 4.83. The third-order valence-electron chi connectivity index (χ3n) is 3.00. The lowest BCUT2D eigenvalue weighted by Gasteiger charge is -2.28. The molecule has 2 rings (SSSR count). The lowest BCUT2D eigenvalue weighted by Crippen LogP contribution is -2.18. The average Bonchev–Trinajstić information content (AvgIpc) is 2.88. The predicted octanol–water partition coefficient (Wildman–Crippen LogP) is 3.94. The van der Waals surface area contributed by atoms with Crippen LogP contribution in [0.25, 0.3) is 0 Å². The number of rotatable bonds is 6. The number of hydrogen-bond donors (Lipinski definition) is 1. The lowest BCUT2D eigenvalue weighted by atomic mass is 10.2. The molecule has 0 bridgehead atoms. The second-order valence-electron chi connectivity index (χ2n) is 4.46. The molecule has 2 nitrogen and oxygen atoms in total. The summed E-state index contributed by atoms with van der Waals surface area (Å²) in [6.45, 7) is 6.50. The second kappa shape index (κ2) is 7.78. The van der Waals surface area contributed by atoms with Crippen molar-refractivity contribution >= 4 is 34.9 Å². The van der Waals surface area contributed by atoms with Gasteiger partial charge in [0.1, 0.15) is 5.01 Å². The fourth-order valence-electron chi connectivity index (χ4n) is 2.06. The van der Waals surface area contributed by atoms with Crippen molar-refractivity contribution < 1.29 is 0 Å². The highest BCUT2D eigenvalue weighted by Crippen LogP contribution is 2.44. The Labute approximate surface area is 123 Å². The molecule has 1 saturated heterocycles. The summed E-state index contributed by atoms with van der Waals surface area (Å²) in [5.41, 5.74) is 1.22. The van der Waals surface area contributed by atoms with Gasteiger partial charge in [0.15, 0.2) is 0 Å². The molecule has 102 valence electrons. The Morgan fingerprint density at radius 2 is 2.17 bits per heavy atom. The Bertz CT molecular complexity index is 354. The second-order valence-corrected chi connectivity index (χ2v) is 7.95. The van der Waals surface area contributed by atoms with E-state index in [-0.39, 0.29) is 0 Å². The van der Waals surface area contributed by atoms with Gasteiger partial charge in [0, 0.05) is 28.7 Å². The van der Waals surface area contributed by atoms with Crippen molar-refractivity contribution in [3.05, 3.63) is 16.1 Å². The molecule has 1 N–H and O–H groups in total. The first kappa shape index (κ1) is 14.7. The molecule has 1 aromatic rings. The summed E-state index contributed by atoms with van der Waals surface area (Å²) >= 11 is 6.07. The van der Waals surface area contributed by atoms with Gasteiger partial charge in [-0.1, -0.05) is 13.8 Å². The van der Waals surface area contributed by atoms with Crippen LogP contribution in [-0.2, 0) is 6.54 Å². The zero-order chi connectivity index (χ0) is 12.8. The Balaban J connectivity index is 1.95. The summed E-state index contributed by atoms with van der Waals surface area (Å²) in [5.74, 6) is 2.57. The molecule has 0 spiro atoms. The van der Waals surface area contributed by atoms with Crippen LogP contribution in [-0.4, -0.2) is 28.3 Å². The van der Waals surface area contributed by atoms with Crippen molar-refractivity contribution in [2.45, 2.75) is 43.7 Å². The topological polar surface area (TPSA) is 24.9 Å². The van der Waals surface area contributed by atoms with Gasteiger partial charge in [-0.05, 0) is 19.4 Å². The summed E-state index contributed by atoms with van der Waals surface area (Å²) < 4.78 is 0. The van der Waals surface area contributed by atoms with E-state index < -0.39 is 0 Å². The Kier molecular flexibility index (Phi) is 6.35. The maximum Gasteiger partial charge on any atom is 0.107 e. The summed E-state index contributed by atoms with van der Waals surface area (Å²) in [4.78, 5) is 4.83. The molecule has 2 unspecified atom stereocenters. The monoisotopic (exact) mass is 302 g/mol. The minimum atomic E-state index is 0.624. The molecule has 0 saturated carbocycles. The van der Waals surface area contributed by atoms with Crippen molar-refractivity contribution in [3.63, 3.8) is 0 Å². The van der Waals surface area contributed by atoms with Crippen molar-refractivity contribution in [3.8, 4) is 0 Å². The van der Waals surface area contributed by atoms with Gasteiger partial charge >= 0.3 is 0 Å². The van der Waals surface area contributed by atoms with E-state index >= 15 is 0 Å². The van der Waals surface area contributed by atoms with Gasteiger partial charge in [-0.2, -0.15) is 11.8 Å². The molecule has 0 aliphatic carbocycles. The quantitative estimate of drug-likeness (QED) is 0.805. The van der Waals surface area contributed by atoms with Crippen LogP contribution in [0, 0.1) is 0 Å². The Morgan fingerprint density at radius 1 is 1.33 bits per heavy atom. The van der Waals surface area contributed by atoms with Gasteiger partial charge in [0.25, 0.3) is 0 Å². The number of aromatic nitrogens is 1. The van der Waals surface area contributed by atoms with E-state index in [1.165, 1.54) is 35.0 Å². The fraction of sp³-hybridized carbons (Fsp3) is 0.769. The van der Waals surface area contributed by atoms with E-state index in [1.54, 1.807) is 0 Å². The van der Waals surface area contributed by atoms with Crippen LogP contribution in [0.5, 0.6) is 0 Å². The molecule has 1 aliphatic heterocycles. The molecule has 5 heteroatoms. The van der Waals surface area contributed by atoms with Crippen LogP contribution in [0.1, 0.15) is 42.6 Å². The molecule has 0 aromatic carbocycles. The SMILES string of the molecule is CCCNCc1csc(C2SCCSC2CC)n1. The molecule has 1 fully saturated rings. The molecule has 2 heterocycles. The highest BCUT2D eigenvalue weighted by molar-refractivity contribution is 8.06. The molecule has 0 amide bonds. The molecule has 18 heavy (non-hydrogen) atoms. The van der Waals surface area contributed by atoms with Gasteiger partial charge in [0.2, 0.25) is 0 Å². The first-order valence-corrected chi connectivity index (χ1v) is 9.71. The normalized spacial score (nSPS) is 24.3. The summed E-state index contributed by atoms with van der Waals surface area (Å²) in [6.07, 6.45) is 2.44. The van der Waals surface area contributed by atoms with Crippen molar-refractivity contribution in [2.75, 3.05) is 18.1 Å². The van der Waals surface area contributed by atoms with Gasteiger partial charge in [0.05, 0.1) is 10.9 Å². The van der Waals surface area contributed by atoms with Crippen molar-refractivity contribution in [1.82, 2.24) is 10.3 Å². The maximum atomic E-state index is 4.83. The van der Waals surface area contributed by atoms with E-state index in [9.17, 15) is 0 Å². The first-order valence-electron chi connectivity index (χ1n) is 6.73. The highest BCUT2D eigenvalue weighted by atomic mass is 32.2. The van der Waals surface area contributed by atoms with Crippen LogP contribution >= 0.6 is 34.9 Å². The zero-order valence-corrected chi connectivity index (χ0v) is 13.6. The lowest BCUT2D eigenvalue weighted by molar-refractivity contribution is 0.664. The largest absolute Gasteiger partial charge is 0.311 e. The number of thiazole rings is 1. The fourth-order valence-corrected chi connectivity index (χ4v) is 6.32. The standard InChI is InChI=1S/C13H22N2S3/c1-3-5-14-8-10-9-18-13(15-10)12-11(4-2)16-6-7-17-12/h9,11-12,14H,3-8H2,1-2H3. The Morgan fingerprint density at radius 3 is 2.94 bits per heavy atom. The van der Waals surface area contributed by atoms with Gasteiger partial charge < -0.3 is 5.32 Å². The number of nitrogens with zero attached hydrogens (tertiary/aromatic N) is 1. The Hall–Kier alpha value is 0.290. The van der Waals surface area contributed by atoms with Crippen molar-refractivity contribution in [1.29, 1.82) is 0 Å². The molecular formula is C13H22N2S3. The van der Waals surface area contributed by atoms with Crippen LogP contribution in [0.3, 0.4) is 0 Å². The molecule has 1 aliphatic rings. The van der Waals surface area contributed by atoms with E-state index in [2.05, 4.69) is 48.1 Å². The van der Waals surface area contributed by atoms with Crippen LogP contribution in [0.15, 0.2) is 5.38 Å². The smallest absolute Gasteiger partial charge is 0.107 e. The van der Waals surface area contributed by atoms with Crippen LogP contribution in [0.4, 0.5) is 0 Å². The van der Waals surface area contributed by atoms with E-state index in [1.807, 2.05) is 11.3 Å². The van der Waals surface area contributed by atoms with Gasteiger partial charge in [-0.3, -0.25) is 0 Å². The molecule has 2 atom stereocenters. The molecule has 0 radical (unpaired) electrons. The van der Waals surface area contributed by atoms with Crippen LogP contribution in [0.2, 0.25) is 0 Å². The molecular weight excluding hydrogens is 280 g/mol. The van der Waals surface area contributed by atoms with E-state index in [4.69, 9.17) is 4.98 Å². The first-order chi connectivity index (χ1) is 8.85. The minimum absolute atomic E-state index is 0.624. The van der Waals surface area contributed by atoms with Gasteiger partial charge in [-0.15, -0.1) is 23.1 Å². The molecule has 1 aromatic heterocycles. The van der Waals surface area contributed by atoms with Crippen LogP contribution < -0.4 is 5.32 Å². The summed E-state index contributed by atoms with van der Waals surface area (Å²) in [7, 11) is 0. The third kappa shape index (κ3) is 3.89. The predicted molar refractivity (Wildman–Crippen MR) is 85.8 cm³/mol. The van der Waals surface area contributed by atoms with Gasteiger partial charge in [-0.25, -0.2) is 4.98 Å². The number of hydrogen-bond acceptors (Lipinski definition) is 5. The number of nitrogens with one attached hydrogen (secondary N) is 1. The van der Waals surface area contributed by atoms with E-state index in [0.29, 0.717) is 5.25 Å². The zero-order valence-electron chi connectivity index (χ0n) is 11.1. The van der Waals surface area contributed by atoms with E-state index in [0.717, 1.165) is 18.3 Å². The number of thioether (sulfide) groups is 2. The average molecular weight is 303 g/mol. The van der Waals surface area contributed by atoms with Crippen molar-refractivity contribution in [2.24, 2.45) is 0 Å². The summed E-state index contributed by atoms with van der Waals surface area (Å²) in [5, 5.41) is 8.37. The summed E-state index contributed by atoms with van der Waals surface area (Å²) in [6, 6.07) is 0. The third-order valence-corrected chi connectivity index (χ3v) is 7.38. The minimum Gasteiger partial charge on any atom is -0.311 e.